The first-order valence-corrected chi connectivity index (χ1v) is 7.78. The molecule has 2 saturated heterocycles. The SMILES string of the molecule is CN=C1OC(=O)C2C=CC(C(=O)C3=CC4C(=O)OC(=O)C4C=C3)=CC12. The van der Waals surface area contributed by atoms with E-state index in [-0.39, 0.29) is 11.7 Å². The Balaban J connectivity index is 1.62. The summed E-state index contributed by atoms with van der Waals surface area (Å²) in [7, 11) is 1.52. The summed E-state index contributed by atoms with van der Waals surface area (Å²) in [4.78, 5) is 51.7. The normalized spacial score (nSPS) is 34.3. The van der Waals surface area contributed by atoms with Gasteiger partial charge < -0.3 is 9.47 Å². The van der Waals surface area contributed by atoms with E-state index in [1.807, 2.05) is 0 Å². The number of esters is 3. The zero-order valence-electron chi connectivity index (χ0n) is 13.2. The number of carbonyl (C=O) groups is 4. The van der Waals surface area contributed by atoms with Crippen molar-refractivity contribution >= 4 is 29.6 Å². The number of allylic oxidation sites excluding steroid dienone is 4. The Morgan fingerprint density at radius 3 is 2.00 bits per heavy atom. The van der Waals surface area contributed by atoms with Gasteiger partial charge in [0.2, 0.25) is 5.90 Å². The first-order chi connectivity index (χ1) is 12.0. The van der Waals surface area contributed by atoms with E-state index in [9.17, 15) is 19.2 Å². The van der Waals surface area contributed by atoms with Gasteiger partial charge in [-0.2, -0.15) is 0 Å². The monoisotopic (exact) mass is 339 g/mol. The average Bonchev–Trinajstić information content (AvgIpc) is 3.10. The quantitative estimate of drug-likeness (QED) is 0.542. The Bertz CT molecular complexity index is 872. The van der Waals surface area contributed by atoms with Gasteiger partial charge in [0, 0.05) is 18.2 Å². The second kappa shape index (κ2) is 5.47. The fourth-order valence-electron chi connectivity index (χ4n) is 3.39. The number of carbonyl (C=O) groups excluding carboxylic acids is 4. The number of fused-ring (bicyclic) bond motifs is 2. The maximum absolute atomic E-state index is 12.8. The highest BCUT2D eigenvalue weighted by Gasteiger charge is 2.44. The minimum Gasteiger partial charge on any atom is -0.411 e. The molecule has 2 aliphatic heterocycles. The molecule has 4 rings (SSSR count). The third-order valence-corrected chi connectivity index (χ3v) is 4.71. The predicted molar refractivity (Wildman–Crippen MR) is 84.0 cm³/mol. The third-order valence-electron chi connectivity index (χ3n) is 4.71. The zero-order chi connectivity index (χ0) is 17.7. The lowest BCUT2D eigenvalue weighted by Crippen LogP contribution is -2.22. The molecule has 4 aliphatic rings. The molecular formula is C18H13NO6. The molecule has 0 bridgehead atoms. The van der Waals surface area contributed by atoms with Crippen LogP contribution in [-0.2, 0) is 28.7 Å². The standard InChI is InChI=1S/C18H13NO6/c1-19-15-12-6-8(2-4-10(12)16(21)24-15)14(20)9-3-5-11-13(7-9)18(23)25-17(11)22/h2-7,10-13H,1H3. The summed E-state index contributed by atoms with van der Waals surface area (Å²) in [6.07, 6.45) is 9.35. The van der Waals surface area contributed by atoms with E-state index in [2.05, 4.69) is 9.73 Å². The molecule has 25 heavy (non-hydrogen) atoms. The Morgan fingerprint density at radius 1 is 0.840 bits per heavy atom. The van der Waals surface area contributed by atoms with Gasteiger partial charge in [0.05, 0.1) is 23.7 Å². The van der Waals surface area contributed by atoms with Gasteiger partial charge >= 0.3 is 17.9 Å². The lowest BCUT2D eigenvalue weighted by Gasteiger charge is -2.17. The van der Waals surface area contributed by atoms with Crippen molar-refractivity contribution in [1.29, 1.82) is 0 Å². The molecule has 2 fully saturated rings. The van der Waals surface area contributed by atoms with E-state index in [1.165, 1.54) is 25.3 Å². The van der Waals surface area contributed by atoms with Crippen molar-refractivity contribution < 1.29 is 28.7 Å². The van der Waals surface area contributed by atoms with Crippen molar-refractivity contribution in [3.63, 3.8) is 0 Å². The number of rotatable bonds is 2. The van der Waals surface area contributed by atoms with Crippen LogP contribution in [0.15, 0.2) is 52.6 Å². The molecule has 126 valence electrons. The van der Waals surface area contributed by atoms with Crippen LogP contribution >= 0.6 is 0 Å². The largest absolute Gasteiger partial charge is 0.411 e. The molecule has 4 unspecified atom stereocenters. The van der Waals surface area contributed by atoms with Gasteiger partial charge in [-0.3, -0.25) is 24.2 Å². The molecule has 7 nitrogen and oxygen atoms in total. The summed E-state index contributed by atoms with van der Waals surface area (Å²) in [6.45, 7) is 0. The number of cyclic esters (lactones) is 3. The lowest BCUT2D eigenvalue weighted by molar-refractivity contribution is -0.153. The first-order valence-electron chi connectivity index (χ1n) is 7.78. The molecule has 4 atom stereocenters. The minimum absolute atomic E-state index is 0.280. The van der Waals surface area contributed by atoms with Crippen LogP contribution in [-0.4, -0.2) is 36.6 Å². The number of aliphatic imine (C=N–C) groups is 1. The number of hydrogen-bond donors (Lipinski definition) is 0. The summed E-state index contributed by atoms with van der Waals surface area (Å²) < 4.78 is 9.69. The van der Waals surface area contributed by atoms with Crippen LogP contribution in [0.1, 0.15) is 0 Å². The van der Waals surface area contributed by atoms with Crippen LogP contribution in [0, 0.1) is 23.7 Å². The highest BCUT2D eigenvalue weighted by molar-refractivity contribution is 6.14. The van der Waals surface area contributed by atoms with Crippen LogP contribution in [0.4, 0.5) is 0 Å². The maximum atomic E-state index is 12.8. The summed E-state index contributed by atoms with van der Waals surface area (Å²) in [5.74, 6) is -3.96. The summed E-state index contributed by atoms with van der Waals surface area (Å²) in [5, 5.41) is 0. The number of Topliss-reactive ketones (excluding diaryl/α,β-unsaturated/α-hetero) is 1. The number of ether oxygens (including phenoxy) is 2. The van der Waals surface area contributed by atoms with E-state index < -0.39 is 41.6 Å². The first kappa shape index (κ1) is 15.4. The van der Waals surface area contributed by atoms with Crippen molar-refractivity contribution in [2.24, 2.45) is 28.7 Å². The highest BCUT2D eigenvalue weighted by atomic mass is 16.6. The number of hydrogen-bond acceptors (Lipinski definition) is 7. The molecule has 0 aromatic rings. The molecule has 0 radical (unpaired) electrons. The van der Waals surface area contributed by atoms with Crippen LogP contribution in [0.3, 0.4) is 0 Å². The molecule has 0 amide bonds. The second-order valence-corrected chi connectivity index (χ2v) is 6.12. The van der Waals surface area contributed by atoms with Gasteiger partial charge in [-0.25, -0.2) is 0 Å². The Kier molecular flexibility index (Phi) is 3.38. The predicted octanol–water partition coefficient (Wildman–Crippen LogP) is 0.681. The molecule has 2 heterocycles. The van der Waals surface area contributed by atoms with Crippen molar-refractivity contribution in [2.75, 3.05) is 7.05 Å². The second-order valence-electron chi connectivity index (χ2n) is 6.12. The molecule has 2 aliphatic carbocycles. The molecule has 0 N–H and O–H groups in total. The highest BCUT2D eigenvalue weighted by Crippen LogP contribution is 2.35. The van der Waals surface area contributed by atoms with E-state index >= 15 is 0 Å². The molecule has 0 saturated carbocycles. The Labute approximate surface area is 142 Å². The average molecular weight is 339 g/mol. The van der Waals surface area contributed by atoms with Crippen LogP contribution in [0.25, 0.3) is 0 Å². The summed E-state index contributed by atoms with van der Waals surface area (Å²) >= 11 is 0. The van der Waals surface area contributed by atoms with Crippen LogP contribution < -0.4 is 0 Å². The van der Waals surface area contributed by atoms with Gasteiger partial charge in [-0.05, 0) is 0 Å². The Morgan fingerprint density at radius 2 is 1.36 bits per heavy atom. The lowest BCUT2D eigenvalue weighted by atomic mass is 9.82. The van der Waals surface area contributed by atoms with Crippen molar-refractivity contribution in [1.82, 2.24) is 0 Å². The summed E-state index contributed by atoms with van der Waals surface area (Å²) in [5.41, 5.74) is 0.690. The molecule has 0 aromatic carbocycles. The zero-order valence-corrected chi connectivity index (χ0v) is 13.2. The van der Waals surface area contributed by atoms with E-state index in [4.69, 9.17) is 4.74 Å². The van der Waals surface area contributed by atoms with Gasteiger partial charge in [0.1, 0.15) is 0 Å². The topological polar surface area (TPSA) is 99.1 Å². The van der Waals surface area contributed by atoms with Crippen molar-refractivity contribution in [3.8, 4) is 0 Å². The van der Waals surface area contributed by atoms with Crippen LogP contribution in [0.2, 0.25) is 0 Å². The summed E-state index contributed by atoms with van der Waals surface area (Å²) in [6, 6.07) is 0. The van der Waals surface area contributed by atoms with Crippen molar-refractivity contribution in [3.05, 3.63) is 47.6 Å². The third kappa shape index (κ3) is 2.31. The van der Waals surface area contributed by atoms with Crippen LogP contribution in [0.5, 0.6) is 0 Å². The number of nitrogens with zero attached hydrogens (tertiary/aromatic N) is 1. The molecule has 7 heteroatoms. The van der Waals surface area contributed by atoms with Gasteiger partial charge in [-0.15, -0.1) is 0 Å². The van der Waals surface area contributed by atoms with E-state index in [0.717, 1.165) is 0 Å². The minimum atomic E-state index is -0.762. The van der Waals surface area contributed by atoms with E-state index in [0.29, 0.717) is 11.1 Å². The smallest absolute Gasteiger partial charge is 0.321 e. The van der Waals surface area contributed by atoms with Gasteiger partial charge in [-0.1, -0.05) is 36.5 Å². The number of ketones is 1. The molecule has 0 spiro atoms. The molecular weight excluding hydrogens is 326 g/mol. The van der Waals surface area contributed by atoms with E-state index in [1.54, 1.807) is 18.2 Å². The van der Waals surface area contributed by atoms with Gasteiger partial charge in [0.25, 0.3) is 0 Å². The fourth-order valence-corrected chi connectivity index (χ4v) is 3.39. The fraction of sp³-hybridized carbons (Fsp3) is 0.278. The van der Waals surface area contributed by atoms with Gasteiger partial charge in [0.15, 0.2) is 5.78 Å². The Hall–Kier alpha value is -3.09. The molecule has 0 aromatic heterocycles. The maximum Gasteiger partial charge on any atom is 0.321 e. The van der Waals surface area contributed by atoms with Crippen molar-refractivity contribution in [2.45, 2.75) is 0 Å².